The number of rotatable bonds is 3. The lowest BCUT2D eigenvalue weighted by Crippen LogP contribution is -2.43. The predicted molar refractivity (Wildman–Crippen MR) is 76.7 cm³/mol. The zero-order valence-electron chi connectivity index (χ0n) is 10.2. The van der Waals surface area contributed by atoms with Crippen molar-refractivity contribution in [1.29, 1.82) is 0 Å². The average Bonchev–Trinajstić information content (AvgIpc) is 2.75. The summed E-state index contributed by atoms with van der Waals surface area (Å²) < 4.78 is 26.4. The van der Waals surface area contributed by atoms with Crippen LogP contribution in [0.4, 0.5) is 0 Å². The minimum Gasteiger partial charge on any atom is -0.392 e. The van der Waals surface area contributed by atoms with Gasteiger partial charge in [-0.3, -0.25) is 4.79 Å². The van der Waals surface area contributed by atoms with E-state index in [-0.39, 0.29) is 17.9 Å². The number of primary amides is 1. The van der Waals surface area contributed by atoms with Crippen LogP contribution in [0.2, 0.25) is 5.02 Å². The molecule has 0 aliphatic carbocycles. The summed E-state index contributed by atoms with van der Waals surface area (Å²) in [5.41, 5.74) is 5.19. The second kappa shape index (κ2) is 5.61. The minimum absolute atomic E-state index is 0.00330. The van der Waals surface area contributed by atoms with Gasteiger partial charge in [-0.25, -0.2) is 8.42 Å². The SMILES string of the molecule is NC(=O)C1CC(O)CN1S(=O)(=O)c1ccc(Cl)c(Br)c1. The molecular weight excluding hydrogens is 372 g/mol. The third-order valence-electron chi connectivity index (χ3n) is 3.06. The fourth-order valence-electron chi connectivity index (χ4n) is 2.08. The number of nitrogens with zero attached hydrogens (tertiary/aromatic N) is 1. The number of halogens is 2. The number of nitrogens with two attached hydrogens (primary N) is 1. The van der Waals surface area contributed by atoms with Crippen molar-refractivity contribution < 1.29 is 18.3 Å². The molecule has 0 spiro atoms. The normalized spacial score (nSPS) is 23.9. The number of carbonyl (C=O) groups is 1. The molecule has 110 valence electrons. The summed E-state index contributed by atoms with van der Waals surface area (Å²) in [6.45, 7) is -0.157. The van der Waals surface area contributed by atoms with Crippen LogP contribution in [0.1, 0.15) is 6.42 Å². The summed E-state index contributed by atoms with van der Waals surface area (Å²) in [6.07, 6.45) is -0.901. The van der Waals surface area contributed by atoms with Crippen molar-refractivity contribution in [3.63, 3.8) is 0 Å². The second-order valence-electron chi connectivity index (χ2n) is 4.46. The van der Waals surface area contributed by atoms with Gasteiger partial charge in [-0.05, 0) is 34.1 Å². The maximum atomic E-state index is 12.5. The highest BCUT2D eigenvalue weighted by atomic mass is 79.9. The summed E-state index contributed by atoms with van der Waals surface area (Å²) in [4.78, 5) is 11.3. The van der Waals surface area contributed by atoms with Gasteiger partial charge in [0.2, 0.25) is 15.9 Å². The van der Waals surface area contributed by atoms with E-state index in [0.29, 0.717) is 9.50 Å². The van der Waals surface area contributed by atoms with Crippen LogP contribution in [-0.4, -0.2) is 42.4 Å². The van der Waals surface area contributed by atoms with Gasteiger partial charge in [-0.2, -0.15) is 4.31 Å². The Balaban J connectivity index is 2.43. The van der Waals surface area contributed by atoms with Gasteiger partial charge in [0.25, 0.3) is 0 Å². The zero-order valence-corrected chi connectivity index (χ0v) is 13.3. The molecule has 1 saturated heterocycles. The van der Waals surface area contributed by atoms with Gasteiger partial charge in [0.15, 0.2) is 0 Å². The fraction of sp³-hybridized carbons (Fsp3) is 0.364. The molecule has 1 aromatic carbocycles. The maximum absolute atomic E-state index is 12.5. The molecule has 0 saturated carbocycles. The number of amides is 1. The van der Waals surface area contributed by atoms with Gasteiger partial charge < -0.3 is 10.8 Å². The molecule has 1 aromatic rings. The van der Waals surface area contributed by atoms with Gasteiger partial charge in [-0.1, -0.05) is 11.6 Å². The van der Waals surface area contributed by atoms with Crippen LogP contribution in [0.15, 0.2) is 27.6 Å². The Morgan fingerprint density at radius 3 is 2.70 bits per heavy atom. The Labute approximate surface area is 129 Å². The van der Waals surface area contributed by atoms with Crippen molar-refractivity contribution in [2.45, 2.75) is 23.5 Å². The summed E-state index contributed by atoms with van der Waals surface area (Å²) in [5, 5.41) is 9.96. The molecule has 3 N–H and O–H groups in total. The van der Waals surface area contributed by atoms with E-state index in [0.717, 1.165) is 4.31 Å². The third-order valence-corrected chi connectivity index (χ3v) is 6.14. The van der Waals surface area contributed by atoms with Crippen LogP contribution in [0.5, 0.6) is 0 Å². The predicted octanol–water partition coefficient (Wildman–Crippen LogP) is 0.712. The molecule has 0 bridgehead atoms. The van der Waals surface area contributed by atoms with Crippen LogP contribution in [0, 0.1) is 0 Å². The first kappa shape index (κ1) is 15.7. The monoisotopic (exact) mass is 382 g/mol. The molecule has 20 heavy (non-hydrogen) atoms. The molecule has 1 heterocycles. The van der Waals surface area contributed by atoms with Gasteiger partial charge in [0.1, 0.15) is 6.04 Å². The highest BCUT2D eigenvalue weighted by Crippen LogP contribution is 2.30. The number of β-amino-alcohol motifs (C(OH)–C–C–N with tert-alkyl or cyclic N) is 1. The average molecular weight is 384 g/mol. The van der Waals surface area contributed by atoms with Gasteiger partial charge in [0, 0.05) is 17.4 Å². The molecule has 2 rings (SSSR count). The van der Waals surface area contributed by atoms with Crippen molar-refractivity contribution in [2.75, 3.05) is 6.54 Å². The Bertz CT molecular complexity index is 652. The Hall–Kier alpha value is -0.670. The number of aliphatic hydroxyl groups is 1. The molecule has 6 nitrogen and oxygen atoms in total. The molecular formula is C11H12BrClN2O4S. The molecule has 1 fully saturated rings. The molecule has 2 unspecified atom stereocenters. The van der Waals surface area contributed by atoms with Crippen molar-refractivity contribution >= 4 is 43.5 Å². The number of benzene rings is 1. The van der Waals surface area contributed by atoms with E-state index in [1.165, 1.54) is 18.2 Å². The van der Waals surface area contributed by atoms with E-state index in [1.807, 2.05) is 0 Å². The van der Waals surface area contributed by atoms with Crippen LogP contribution in [0.3, 0.4) is 0 Å². The standard InChI is InChI=1S/C11H12BrClN2O4S/c12-8-4-7(1-2-9(8)13)20(18,19)15-5-6(16)3-10(15)11(14)17/h1-2,4,6,10,16H,3,5H2,(H2,14,17). The summed E-state index contributed by atoms with van der Waals surface area (Å²) in [5.74, 6) is -0.779. The smallest absolute Gasteiger partial charge is 0.243 e. The largest absolute Gasteiger partial charge is 0.392 e. The van der Waals surface area contributed by atoms with Gasteiger partial charge in [-0.15, -0.1) is 0 Å². The molecule has 0 aromatic heterocycles. The van der Waals surface area contributed by atoms with Gasteiger partial charge >= 0.3 is 0 Å². The first-order chi connectivity index (χ1) is 9.23. The quantitative estimate of drug-likeness (QED) is 0.803. The maximum Gasteiger partial charge on any atom is 0.243 e. The number of hydrogen-bond acceptors (Lipinski definition) is 4. The highest BCUT2D eigenvalue weighted by molar-refractivity contribution is 9.10. The third kappa shape index (κ3) is 2.84. The molecule has 1 aliphatic heterocycles. The van der Waals surface area contributed by atoms with E-state index >= 15 is 0 Å². The number of aliphatic hydroxyl groups excluding tert-OH is 1. The van der Waals surface area contributed by atoms with Crippen LogP contribution in [-0.2, 0) is 14.8 Å². The molecule has 9 heteroatoms. The van der Waals surface area contributed by atoms with Crippen LogP contribution >= 0.6 is 27.5 Å². The topological polar surface area (TPSA) is 101 Å². The Morgan fingerprint density at radius 2 is 2.15 bits per heavy atom. The Kier molecular flexibility index (Phi) is 4.41. The second-order valence-corrected chi connectivity index (χ2v) is 7.61. The highest BCUT2D eigenvalue weighted by Gasteiger charge is 2.42. The van der Waals surface area contributed by atoms with Crippen LogP contribution < -0.4 is 5.73 Å². The summed E-state index contributed by atoms with van der Waals surface area (Å²) >= 11 is 8.97. The van der Waals surface area contributed by atoms with Crippen molar-refractivity contribution in [2.24, 2.45) is 5.73 Å². The number of sulfonamides is 1. The molecule has 0 radical (unpaired) electrons. The first-order valence-corrected chi connectivity index (χ1v) is 8.29. The minimum atomic E-state index is -3.92. The lowest BCUT2D eigenvalue weighted by atomic mass is 10.2. The summed E-state index contributed by atoms with van der Waals surface area (Å²) in [6, 6.07) is 3.08. The number of carbonyl (C=O) groups excluding carboxylic acids is 1. The number of hydrogen-bond donors (Lipinski definition) is 2. The lowest BCUT2D eigenvalue weighted by Gasteiger charge is -2.21. The van der Waals surface area contributed by atoms with Crippen molar-refractivity contribution in [1.82, 2.24) is 4.31 Å². The first-order valence-electron chi connectivity index (χ1n) is 5.67. The van der Waals surface area contributed by atoms with E-state index in [4.69, 9.17) is 17.3 Å². The zero-order chi connectivity index (χ0) is 15.1. The van der Waals surface area contributed by atoms with Crippen molar-refractivity contribution in [3.05, 3.63) is 27.7 Å². The molecule has 1 aliphatic rings. The lowest BCUT2D eigenvalue weighted by molar-refractivity contribution is -0.121. The Morgan fingerprint density at radius 1 is 1.50 bits per heavy atom. The van der Waals surface area contributed by atoms with Crippen LogP contribution in [0.25, 0.3) is 0 Å². The van der Waals surface area contributed by atoms with E-state index in [9.17, 15) is 18.3 Å². The molecule has 1 amide bonds. The van der Waals surface area contributed by atoms with Gasteiger partial charge in [0.05, 0.1) is 16.0 Å². The van der Waals surface area contributed by atoms with Crippen molar-refractivity contribution in [3.8, 4) is 0 Å². The molecule has 2 atom stereocenters. The van der Waals surface area contributed by atoms with E-state index in [1.54, 1.807) is 0 Å². The van der Waals surface area contributed by atoms with E-state index in [2.05, 4.69) is 15.9 Å². The summed E-state index contributed by atoms with van der Waals surface area (Å²) in [7, 11) is -3.92. The fourth-order valence-corrected chi connectivity index (χ4v) is 4.40. The van der Waals surface area contributed by atoms with E-state index < -0.39 is 28.1 Å².